The van der Waals surface area contributed by atoms with E-state index in [1.807, 2.05) is 36.4 Å². The third kappa shape index (κ3) is 4.85. The molecule has 1 aromatic heterocycles. The summed E-state index contributed by atoms with van der Waals surface area (Å²) in [4.78, 5) is 5.68. The van der Waals surface area contributed by atoms with E-state index in [9.17, 15) is 5.11 Å². The number of hydrogen-bond donors (Lipinski definition) is 1. The molecular weight excluding hydrogens is 480 g/mol. The highest BCUT2D eigenvalue weighted by atomic mass is 79.9. The maximum absolute atomic E-state index is 9.26. The fraction of sp³-hybridized carbons (Fsp3) is 0.211. The molecule has 2 aromatic carbocycles. The van der Waals surface area contributed by atoms with Crippen molar-refractivity contribution < 1.29 is 9.84 Å². The van der Waals surface area contributed by atoms with Crippen molar-refractivity contribution in [1.29, 1.82) is 0 Å². The summed E-state index contributed by atoms with van der Waals surface area (Å²) < 4.78 is 8.60. The van der Waals surface area contributed by atoms with Crippen LogP contribution in [0.15, 0.2) is 63.4 Å². The quantitative estimate of drug-likeness (QED) is 0.507. The third-order valence-corrected chi connectivity index (χ3v) is 5.17. The van der Waals surface area contributed by atoms with E-state index < -0.39 is 0 Å². The second kappa shape index (κ2) is 10.1. The number of nitrogens with zero attached hydrogens (tertiary/aromatic N) is 2. The molecule has 0 aliphatic carbocycles. The lowest BCUT2D eigenvalue weighted by Crippen LogP contribution is -2.16. The minimum Gasteiger partial charge on any atom is -0.494 e. The first kappa shape index (κ1) is 20.9. The van der Waals surface area contributed by atoms with Crippen LogP contribution in [0.5, 0.6) is 5.75 Å². The molecule has 0 unspecified atom stereocenters. The molecule has 0 spiro atoms. The molecule has 0 atom stereocenters. The number of aliphatic hydroxyl groups excluding tert-OH is 1. The van der Waals surface area contributed by atoms with Crippen LogP contribution in [0.1, 0.15) is 6.42 Å². The average molecular weight is 500 g/mol. The topological polar surface area (TPSA) is 46.8 Å². The van der Waals surface area contributed by atoms with Gasteiger partial charge in [-0.05, 0) is 36.2 Å². The highest BCUT2D eigenvalue weighted by Gasteiger charge is 2.09. The summed E-state index contributed by atoms with van der Waals surface area (Å²) in [7, 11) is 1.65. The van der Waals surface area contributed by atoms with Gasteiger partial charge in [0.1, 0.15) is 11.4 Å². The van der Waals surface area contributed by atoms with E-state index in [1.54, 1.807) is 18.4 Å². The lowest BCUT2D eigenvalue weighted by molar-refractivity contribution is 0.279. The van der Waals surface area contributed by atoms with Gasteiger partial charge < -0.3 is 14.4 Å². The van der Waals surface area contributed by atoms with Crippen molar-refractivity contribution in [2.24, 2.45) is 4.99 Å². The summed E-state index contributed by atoms with van der Waals surface area (Å²) in [5.41, 5.74) is 3.02. The van der Waals surface area contributed by atoms with Crippen LogP contribution in [0.3, 0.4) is 0 Å². The number of rotatable bonds is 6. The fourth-order valence-electron chi connectivity index (χ4n) is 2.54. The number of aliphatic hydroxyl groups is 1. The molecule has 0 saturated carbocycles. The van der Waals surface area contributed by atoms with Crippen molar-refractivity contribution in [3.63, 3.8) is 0 Å². The highest BCUT2D eigenvalue weighted by molar-refractivity contribution is 9.10. The van der Waals surface area contributed by atoms with E-state index in [0.29, 0.717) is 13.0 Å². The molecule has 3 aromatic rings. The van der Waals surface area contributed by atoms with Gasteiger partial charge in [-0.25, -0.2) is 4.99 Å². The number of thiazole rings is 1. The predicted octanol–water partition coefficient (Wildman–Crippen LogP) is 5.18. The number of aromatic nitrogens is 1. The molecule has 0 aliphatic heterocycles. The predicted molar refractivity (Wildman–Crippen MR) is 116 cm³/mol. The molecule has 1 N–H and O–H groups in total. The molecule has 7 heteroatoms. The standard InChI is InChI=1S/C19H19BrN2O2S.BrH/c1-24-18-6-3-2-5-16(18)21-19-22(11-4-12-23)17(13-25-19)14-7-9-15(20)10-8-14;/h2-3,5-10,13,23H,4,11-12H2,1H3;1H. The van der Waals surface area contributed by atoms with Crippen molar-refractivity contribution in [3.8, 4) is 17.0 Å². The summed E-state index contributed by atoms with van der Waals surface area (Å²) in [5, 5.41) is 11.4. The van der Waals surface area contributed by atoms with Gasteiger partial charge in [0.25, 0.3) is 0 Å². The second-order valence-electron chi connectivity index (χ2n) is 5.42. The van der Waals surface area contributed by atoms with Gasteiger partial charge in [0.15, 0.2) is 4.80 Å². The van der Waals surface area contributed by atoms with Gasteiger partial charge in [-0.2, -0.15) is 0 Å². The third-order valence-electron chi connectivity index (χ3n) is 3.78. The number of benzene rings is 2. The van der Waals surface area contributed by atoms with Crippen molar-refractivity contribution in [3.05, 3.63) is 63.2 Å². The average Bonchev–Trinajstić information content (AvgIpc) is 3.03. The molecule has 0 fully saturated rings. The minimum atomic E-state index is 0. The van der Waals surface area contributed by atoms with Gasteiger partial charge in [-0.15, -0.1) is 28.3 Å². The zero-order valence-corrected chi connectivity index (χ0v) is 18.4. The van der Waals surface area contributed by atoms with Gasteiger partial charge in [-0.1, -0.05) is 40.2 Å². The molecule has 0 saturated heterocycles. The summed E-state index contributed by atoms with van der Waals surface area (Å²) in [6.07, 6.45) is 0.680. The maximum atomic E-state index is 9.26. The van der Waals surface area contributed by atoms with Crippen LogP contribution >= 0.6 is 44.2 Å². The molecule has 138 valence electrons. The van der Waals surface area contributed by atoms with Crippen molar-refractivity contribution >= 4 is 49.9 Å². The molecule has 0 radical (unpaired) electrons. The van der Waals surface area contributed by atoms with Gasteiger partial charge >= 0.3 is 0 Å². The SMILES string of the molecule is Br.COc1ccccc1N=c1scc(-c2ccc(Br)cc2)n1CCCO. The van der Waals surface area contributed by atoms with E-state index in [4.69, 9.17) is 9.73 Å². The first-order chi connectivity index (χ1) is 12.2. The second-order valence-corrected chi connectivity index (χ2v) is 7.18. The normalized spacial score (nSPS) is 11.3. The smallest absolute Gasteiger partial charge is 0.190 e. The number of methoxy groups -OCH3 is 1. The number of para-hydroxylation sites is 2. The molecule has 1 heterocycles. The molecule has 3 rings (SSSR count). The Bertz CT molecular complexity index is 904. The van der Waals surface area contributed by atoms with E-state index in [0.717, 1.165) is 32.0 Å². The van der Waals surface area contributed by atoms with Crippen molar-refractivity contribution in [1.82, 2.24) is 4.57 Å². The minimum absolute atomic E-state index is 0. The van der Waals surface area contributed by atoms with Crippen LogP contribution in [0.25, 0.3) is 11.3 Å². The zero-order chi connectivity index (χ0) is 17.6. The molecule has 0 aliphatic rings. The molecule has 0 bridgehead atoms. The lowest BCUT2D eigenvalue weighted by Gasteiger charge is -2.09. The summed E-state index contributed by atoms with van der Waals surface area (Å²) in [5.74, 6) is 0.745. The van der Waals surface area contributed by atoms with E-state index in [2.05, 4.69) is 38.0 Å². The molecule has 4 nitrogen and oxygen atoms in total. The summed E-state index contributed by atoms with van der Waals surface area (Å²) >= 11 is 5.06. The van der Waals surface area contributed by atoms with Crippen LogP contribution in [-0.4, -0.2) is 23.4 Å². The summed E-state index contributed by atoms with van der Waals surface area (Å²) in [6, 6.07) is 15.9. The lowest BCUT2D eigenvalue weighted by atomic mass is 10.2. The molecule has 0 amide bonds. The summed E-state index contributed by atoms with van der Waals surface area (Å²) in [6.45, 7) is 0.857. The zero-order valence-electron chi connectivity index (χ0n) is 14.3. The monoisotopic (exact) mass is 498 g/mol. The first-order valence-electron chi connectivity index (χ1n) is 7.96. The van der Waals surface area contributed by atoms with Crippen LogP contribution in [-0.2, 0) is 6.54 Å². The Morgan fingerprint density at radius 3 is 2.58 bits per heavy atom. The number of halogens is 2. The van der Waals surface area contributed by atoms with Crippen LogP contribution in [0.4, 0.5) is 5.69 Å². The Morgan fingerprint density at radius 2 is 1.88 bits per heavy atom. The Balaban J connectivity index is 0.00000243. The Kier molecular flexibility index (Phi) is 8.09. The maximum Gasteiger partial charge on any atom is 0.190 e. The largest absolute Gasteiger partial charge is 0.494 e. The van der Waals surface area contributed by atoms with Crippen molar-refractivity contribution in [2.75, 3.05) is 13.7 Å². The van der Waals surface area contributed by atoms with Gasteiger partial charge in [-0.3, -0.25) is 0 Å². The van der Waals surface area contributed by atoms with E-state index in [-0.39, 0.29) is 23.6 Å². The van der Waals surface area contributed by atoms with Crippen LogP contribution in [0, 0.1) is 0 Å². The Morgan fingerprint density at radius 1 is 1.15 bits per heavy atom. The number of ether oxygens (including phenoxy) is 1. The Hall–Kier alpha value is -1.41. The van der Waals surface area contributed by atoms with E-state index in [1.165, 1.54) is 0 Å². The van der Waals surface area contributed by atoms with Crippen LogP contribution in [0.2, 0.25) is 0 Å². The first-order valence-corrected chi connectivity index (χ1v) is 9.63. The molecule has 26 heavy (non-hydrogen) atoms. The Labute approximate surface area is 175 Å². The number of hydrogen-bond acceptors (Lipinski definition) is 4. The van der Waals surface area contributed by atoms with Crippen molar-refractivity contribution in [2.45, 2.75) is 13.0 Å². The van der Waals surface area contributed by atoms with Gasteiger partial charge in [0, 0.05) is 23.0 Å². The van der Waals surface area contributed by atoms with Crippen LogP contribution < -0.4 is 9.54 Å². The highest BCUT2D eigenvalue weighted by Crippen LogP contribution is 2.27. The van der Waals surface area contributed by atoms with E-state index >= 15 is 0 Å². The molecular formula is C19H20Br2N2O2S. The fourth-order valence-corrected chi connectivity index (χ4v) is 3.75. The van der Waals surface area contributed by atoms with Gasteiger partial charge in [0.2, 0.25) is 0 Å². The van der Waals surface area contributed by atoms with Gasteiger partial charge in [0.05, 0.1) is 12.8 Å².